The van der Waals surface area contributed by atoms with Crippen LogP contribution in [0.5, 0.6) is 5.75 Å². The van der Waals surface area contributed by atoms with Crippen LogP contribution in [0.25, 0.3) is 0 Å². The third-order valence-electron chi connectivity index (χ3n) is 5.03. The van der Waals surface area contributed by atoms with Gasteiger partial charge in [-0.25, -0.2) is 4.68 Å². The number of carbonyl (C=O) groups is 1. The predicted octanol–water partition coefficient (Wildman–Crippen LogP) is 3.95. The lowest BCUT2D eigenvalue weighted by molar-refractivity contribution is -0.116. The molecule has 2 atom stereocenters. The molecule has 0 saturated carbocycles. The number of ether oxygens (including phenoxy) is 1. The van der Waals surface area contributed by atoms with E-state index < -0.39 is 5.25 Å². The highest BCUT2D eigenvalue weighted by atomic mass is 32.2. The number of fused-ring (bicyclic) bond motifs is 1. The molecule has 0 bridgehead atoms. The van der Waals surface area contributed by atoms with Gasteiger partial charge in [0.15, 0.2) is 5.82 Å². The molecule has 7 nitrogen and oxygen atoms in total. The number of thioether (sulfide) groups is 1. The number of hydrogen-bond acceptors (Lipinski definition) is 6. The molecular weight excluding hydrogens is 398 g/mol. The summed E-state index contributed by atoms with van der Waals surface area (Å²) in [5.74, 6) is 1.57. The van der Waals surface area contributed by atoms with E-state index in [1.807, 2.05) is 74.0 Å². The minimum Gasteiger partial charge on any atom is -0.494 e. The summed E-state index contributed by atoms with van der Waals surface area (Å²) in [6.07, 6.45) is 0.747. The third-order valence-corrected chi connectivity index (χ3v) is 6.25. The fourth-order valence-corrected chi connectivity index (χ4v) is 4.53. The summed E-state index contributed by atoms with van der Waals surface area (Å²) in [6.45, 7) is 6.59. The van der Waals surface area contributed by atoms with E-state index in [2.05, 4.69) is 20.9 Å². The standard InChI is InChI=1S/C22H25N5O2S/c1-4-18-24-25-22-27(18)26-19(15-10-12-16(13-11-15)29-5-2)20(30-22)21(28)23-17-9-7-6-8-14(17)3/h6-13,19-20,26H,4-5H2,1-3H3,(H,23,28)/t19-,20+/m0/s1. The Hall–Kier alpha value is -3.00. The molecule has 1 amide bonds. The Morgan fingerprint density at radius 1 is 1.17 bits per heavy atom. The van der Waals surface area contributed by atoms with Crippen molar-refractivity contribution in [3.05, 3.63) is 65.5 Å². The number of hydrogen-bond donors (Lipinski definition) is 2. The van der Waals surface area contributed by atoms with Gasteiger partial charge in [0.1, 0.15) is 11.0 Å². The van der Waals surface area contributed by atoms with Crippen LogP contribution in [0.15, 0.2) is 53.7 Å². The number of aryl methyl sites for hydroxylation is 2. The zero-order chi connectivity index (χ0) is 21.1. The van der Waals surface area contributed by atoms with Crippen molar-refractivity contribution < 1.29 is 9.53 Å². The maximum atomic E-state index is 13.3. The van der Waals surface area contributed by atoms with Crippen LogP contribution >= 0.6 is 11.8 Å². The maximum Gasteiger partial charge on any atom is 0.240 e. The lowest BCUT2D eigenvalue weighted by Gasteiger charge is -2.33. The van der Waals surface area contributed by atoms with Gasteiger partial charge in [0.25, 0.3) is 0 Å². The molecule has 0 aliphatic carbocycles. The van der Waals surface area contributed by atoms with E-state index in [0.29, 0.717) is 11.8 Å². The average molecular weight is 424 g/mol. The summed E-state index contributed by atoms with van der Waals surface area (Å²) in [5, 5.41) is 11.9. The summed E-state index contributed by atoms with van der Waals surface area (Å²) in [6, 6.07) is 15.4. The van der Waals surface area contributed by atoms with E-state index in [0.717, 1.165) is 34.8 Å². The van der Waals surface area contributed by atoms with E-state index >= 15 is 0 Å². The van der Waals surface area contributed by atoms with Gasteiger partial charge in [-0.1, -0.05) is 49.0 Å². The van der Waals surface area contributed by atoms with Crippen molar-refractivity contribution in [2.24, 2.45) is 0 Å². The molecule has 0 fully saturated rings. The number of nitrogens with one attached hydrogen (secondary N) is 2. The summed E-state index contributed by atoms with van der Waals surface area (Å²) in [5.41, 5.74) is 6.30. The van der Waals surface area contributed by atoms with Gasteiger partial charge in [0, 0.05) is 12.1 Å². The smallest absolute Gasteiger partial charge is 0.240 e. The Morgan fingerprint density at radius 2 is 1.93 bits per heavy atom. The highest BCUT2D eigenvalue weighted by molar-refractivity contribution is 8.00. The van der Waals surface area contributed by atoms with Gasteiger partial charge < -0.3 is 15.5 Å². The van der Waals surface area contributed by atoms with Gasteiger partial charge in [-0.2, -0.15) is 0 Å². The molecule has 156 valence electrons. The summed E-state index contributed by atoms with van der Waals surface area (Å²) < 4.78 is 7.46. The van der Waals surface area contributed by atoms with Crippen LogP contribution < -0.4 is 15.5 Å². The van der Waals surface area contributed by atoms with E-state index in [1.54, 1.807) is 0 Å². The Labute approximate surface area is 180 Å². The van der Waals surface area contributed by atoms with E-state index in [-0.39, 0.29) is 11.9 Å². The molecule has 0 radical (unpaired) electrons. The van der Waals surface area contributed by atoms with Crippen molar-refractivity contribution in [1.29, 1.82) is 0 Å². The fourth-order valence-electron chi connectivity index (χ4n) is 3.43. The second-order valence-corrected chi connectivity index (χ2v) is 8.15. The number of aromatic nitrogens is 3. The molecule has 3 aromatic rings. The average Bonchev–Trinajstić information content (AvgIpc) is 3.17. The topological polar surface area (TPSA) is 81.1 Å². The van der Waals surface area contributed by atoms with Crippen molar-refractivity contribution in [3.63, 3.8) is 0 Å². The molecule has 0 unspecified atom stereocenters. The van der Waals surface area contributed by atoms with E-state index in [9.17, 15) is 4.79 Å². The van der Waals surface area contributed by atoms with E-state index in [1.165, 1.54) is 11.8 Å². The van der Waals surface area contributed by atoms with Gasteiger partial charge in [-0.15, -0.1) is 10.2 Å². The second-order valence-electron chi connectivity index (χ2n) is 7.04. The van der Waals surface area contributed by atoms with Crippen LogP contribution in [0.4, 0.5) is 5.69 Å². The van der Waals surface area contributed by atoms with Crippen molar-refractivity contribution in [2.75, 3.05) is 17.3 Å². The zero-order valence-electron chi connectivity index (χ0n) is 17.3. The van der Waals surface area contributed by atoms with E-state index in [4.69, 9.17) is 4.74 Å². The van der Waals surface area contributed by atoms with Crippen LogP contribution in [0.2, 0.25) is 0 Å². The first-order valence-corrected chi connectivity index (χ1v) is 11.0. The number of carbonyl (C=O) groups excluding carboxylic acids is 1. The molecule has 2 N–H and O–H groups in total. The first kappa shape index (κ1) is 20.3. The minimum atomic E-state index is -0.413. The normalized spacial score (nSPS) is 17.7. The molecular formula is C22H25N5O2S. The molecule has 8 heteroatoms. The zero-order valence-corrected chi connectivity index (χ0v) is 18.1. The summed E-state index contributed by atoms with van der Waals surface area (Å²) >= 11 is 1.43. The Balaban J connectivity index is 1.66. The monoisotopic (exact) mass is 423 g/mol. The molecule has 1 aliphatic rings. The van der Waals surface area contributed by atoms with Crippen molar-refractivity contribution in [3.8, 4) is 5.75 Å². The number of anilines is 1. The molecule has 1 aromatic heterocycles. The van der Waals surface area contributed by atoms with Crippen molar-refractivity contribution in [1.82, 2.24) is 14.9 Å². The highest BCUT2D eigenvalue weighted by Gasteiger charge is 2.37. The van der Waals surface area contributed by atoms with Crippen molar-refractivity contribution in [2.45, 2.75) is 43.6 Å². The molecule has 1 aliphatic heterocycles. The molecule has 0 saturated heterocycles. The van der Waals surface area contributed by atoms with Crippen LogP contribution in [-0.2, 0) is 11.2 Å². The summed E-state index contributed by atoms with van der Waals surface area (Å²) in [7, 11) is 0. The Morgan fingerprint density at radius 3 is 2.63 bits per heavy atom. The van der Waals surface area contributed by atoms with Gasteiger partial charge in [0.2, 0.25) is 11.1 Å². The van der Waals surface area contributed by atoms with Crippen LogP contribution in [0.3, 0.4) is 0 Å². The number of para-hydroxylation sites is 1. The number of amides is 1. The predicted molar refractivity (Wildman–Crippen MR) is 119 cm³/mol. The largest absolute Gasteiger partial charge is 0.494 e. The molecule has 2 heterocycles. The lowest BCUT2D eigenvalue weighted by Crippen LogP contribution is -2.41. The third kappa shape index (κ3) is 4.00. The van der Waals surface area contributed by atoms with Crippen LogP contribution in [0, 0.1) is 6.92 Å². The summed E-state index contributed by atoms with van der Waals surface area (Å²) in [4.78, 5) is 13.3. The lowest BCUT2D eigenvalue weighted by atomic mass is 10.0. The van der Waals surface area contributed by atoms with Gasteiger partial charge in [-0.05, 0) is 43.2 Å². The highest BCUT2D eigenvalue weighted by Crippen LogP contribution is 2.38. The number of benzene rings is 2. The first-order valence-electron chi connectivity index (χ1n) is 10.1. The first-order chi connectivity index (χ1) is 14.6. The number of rotatable bonds is 6. The molecule has 0 spiro atoms. The van der Waals surface area contributed by atoms with Crippen LogP contribution in [-0.4, -0.2) is 32.6 Å². The molecule has 4 rings (SSSR count). The Kier molecular flexibility index (Phi) is 5.94. The fraction of sp³-hybridized carbons (Fsp3) is 0.318. The molecule has 30 heavy (non-hydrogen) atoms. The maximum absolute atomic E-state index is 13.3. The molecule has 2 aromatic carbocycles. The number of nitrogens with zero attached hydrogens (tertiary/aromatic N) is 3. The van der Waals surface area contributed by atoms with Gasteiger partial charge in [0.05, 0.1) is 12.6 Å². The Bertz CT molecular complexity index is 1030. The second kappa shape index (κ2) is 8.79. The minimum absolute atomic E-state index is 0.0759. The van der Waals surface area contributed by atoms with Gasteiger partial charge in [-0.3, -0.25) is 4.79 Å². The van der Waals surface area contributed by atoms with Gasteiger partial charge >= 0.3 is 0 Å². The van der Waals surface area contributed by atoms with Crippen LogP contribution in [0.1, 0.15) is 36.8 Å². The quantitative estimate of drug-likeness (QED) is 0.625. The van der Waals surface area contributed by atoms with Crippen molar-refractivity contribution >= 4 is 23.4 Å². The SMILES string of the molecule is CCOc1ccc([C@@H]2Nn3c(CC)nnc3S[C@H]2C(=O)Nc2ccccc2C)cc1.